The molecule has 0 amide bonds. The topological polar surface area (TPSA) is 72.2 Å². The summed E-state index contributed by atoms with van der Waals surface area (Å²) in [6, 6.07) is 7.51. The Morgan fingerprint density at radius 2 is 1.96 bits per heavy atom. The third-order valence-electron chi connectivity index (χ3n) is 5.20. The van der Waals surface area contributed by atoms with Crippen molar-refractivity contribution < 1.29 is 9.90 Å². The van der Waals surface area contributed by atoms with E-state index in [-0.39, 0.29) is 12.0 Å². The van der Waals surface area contributed by atoms with Gasteiger partial charge in [0.15, 0.2) is 0 Å². The zero-order valence-electron chi connectivity index (χ0n) is 15.4. The number of hydrogen-bond donors (Lipinski definition) is 1. The maximum absolute atomic E-state index is 13.4. The molecule has 0 bridgehead atoms. The Labute approximate surface area is 171 Å². The van der Waals surface area contributed by atoms with Gasteiger partial charge in [0.2, 0.25) is 0 Å². The Morgan fingerprint density at radius 1 is 1.21 bits per heavy atom. The van der Waals surface area contributed by atoms with E-state index in [9.17, 15) is 9.59 Å². The molecule has 2 heterocycles. The third kappa shape index (κ3) is 3.84. The summed E-state index contributed by atoms with van der Waals surface area (Å²) < 4.78 is 1.68. The minimum Gasteiger partial charge on any atom is -0.481 e. The first-order chi connectivity index (χ1) is 13.5. The molecule has 0 aliphatic heterocycles. The summed E-state index contributed by atoms with van der Waals surface area (Å²) in [6.45, 7) is 0.363. The van der Waals surface area contributed by atoms with E-state index in [1.807, 2.05) is 24.3 Å². The summed E-state index contributed by atoms with van der Waals surface area (Å²) in [5, 5.41) is 10.4. The number of rotatable bonds is 6. The van der Waals surface area contributed by atoms with Gasteiger partial charge < -0.3 is 5.11 Å². The van der Waals surface area contributed by atoms with Gasteiger partial charge in [0.1, 0.15) is 10.7 Å². The third-order valence-corrected chi connectivity index (χ3v) is 6.64. The number of hydrogen-bond acceptors (Lipinski definition) is 4. The van der Waals surface area contributed by atoms with Gasteiger partial charge in [-0.25, -0.2) is 4.98 Å². The lowest BCUT2D eigenvalue weighted by Gasteiger charge is -2.14. The van der Waals surface area contributed by atoms with E-state index in [4.69, 9.17) is 21.7 Å². The molecule has 1 aliphatic rings. The number of carbonyl (C=O) groups is 1. The van der Waals surface area contributed by atoms with Crippen LogP contribution in [0.25, 0.3) is 10.2 Å². The minimum atomic E-state index is -0.853. The number of fused-ring (bicyclic) bond motifs is 3. The van der Waals surface area contributed by atoms with Gasteiger partial charge in [-0.15, -0.1) is 11.3 Å². The average molecular weight is 417 g/mol. The highest BCUT2D eigenvalue weighted by Crippen LogP contribution is 2.34. The second kappa shape index (κ2) is 8.05. The summed E-state index contributed by atoms with van der Waals surface area (Å²) in [6.07, 6.45) is 5.15. The van der Waals surface area contributed by atoms with Crippen LogP contribution in [0.15, 0.2) is 29.1 Å². The molecule has 5 nitrogen and oxygen atoms in total. The van der Waals surface area contributed by atoms with Crippen LogP contribution in [0.5, 0.6) is 0 Å². The van der Waals surface area contributed by atoms with E-state index in [0.29, 0.717) is 30.2 Å². The van der Waals surface area contributed by atoms with Crippen molar-refractivity contribution in [2.24, 2.45) is 0 Å². The molecular formula is C21H21ClN2O3S. The second-order valence-corrected chi connectivity index (χ2v) is 8.70. The second-order valence-electron chi connectivity index (χ2n) is 7.18. The van der Waals surface area contributed by atoms with Gasteiger partial charge in [-0.2, -0.15) is 0 Å². The number of carboxylic acids is 1. The van der Waals surface area contributed by atoms with E-state index in [1.54, 1.807) is 15.9 Å². The van der Waals surface area contributed by atoms with Gasteiger partial charge in [-0.1, -0.05) is 23.7 Å². The van der Waals surface area contributed by atoms with Crippen molar-refractivity contribution in [3.63, 3.8) is 0 Å². The SMILES string of the molecule is O=C(O)CCCn1c(Cc2ccc(Cl)cc2)nc2sc3c(c2c1=O)CCCC3. The van der Waals surface area contributed by atoms with Crippen molar-refractivity contribution in [3.8, 4) is 0 Å². The molecule has 1 N–H and O–H groups in total. The van der Waals surface area contributed by atoms with Crippen LogP contribution >= 0.6 is 22.9 Å². The van der Waals surface area contributed by atoms with Gasteiger partial charge in [0, 0.05) is 29.3 Å². The predicted molar refractivity (Wildman–Crippen MR) is 112 cm³/mol. The number of aliphatic carboxylic acids is 1. The van der Waals surface area contributed by atoms with Crippen LogP contribution in [-0.2, 0) is 30.6 Å². The predicted octanol–water partition coefficient (Wildman–Crippen LogP) is 4.45. The van der Waals surface area contributed by atoms with Gasteiger partial charge >= 0.3 is 5.97 Å². The lowest BCUT2D eigenvalue weighted by Crippen LogP contribution is -2.26. The van der Waals surface area contributed by atoms with Crippen LogP contribution in [0.2, 0.25) is 5.02 Å². The number of thiophene rings is 1. The van der Waals surface area contributed by atoms with E-state index in [0.717, 1.165) is 47.0 Å². The maximum Gasteiger partial charge on any atom is 0.303 e. The van der Waals surface area contributed by atoms with Gasteiger partial charge in [-0.3, -0.25) is 14.2 Å². The molecule has 0 radical (unpaired) electrons. The van der Waals surface area contributed by atoms with Crippen LogP contribution in [0.3, 0.4) is 0 Å². The largest absolute Gasteiger partial charge is 0.481 e. The molecule has 0 saturated carbocycles. The van der Waals surface area contributed by atoms with Crippen LogP contribution in [0.1, 0.15) is 47.5 Å². The molecule has 0 saturated heterocycles. The Kier molecular flexibility index (Phi) is 5.51. The van der Waals surface area contributed by atoms with Crippen molar-refractivity contribution in [1.82, 2.24) is 9.55 Å². The van der Waals surface area contributed by atoms with Crippen molar-refractivity contribution in [3.05, 3.63) is 61.5 Å². The zero-order chi connectivity index (χ0) is 19.7. The molecule has 146 valence electrons. The minimum absolute atomic E-state index is 0.0289. The van der Waals surface area contributed by atoms with Crippen molar-refractivity contribution in [2.75, 3.05) is 0 Å². The molecule has 0 spiro atoms. The fraction of sp³-hybridized carbons (Fsp3) is 0.381. The van der Waals surface area contributed by atoms with Gasteiger partial charge in [0.25, 0.3) is 5.56 Å². The lowest BCUT2D eigenvalue weighted by atomic mass is 9.97. The summed E-state index contributed by atoms with van der Waals surface area (Å²) in [5.74, 6) is -0.168. The number of halogens is 1. The molecule has 28 heavy (non-hydrogen) atoms. The fourth-order valence-electron chi connectivity index (χ4n) is 3.82. The van der Waals surface area contributed by atoms with E-state index < -0.39 is 5.97 Å². The fourth-order valence-corrected chi connectivity index (χ4v) is 5.22. The summed E-state index contributed by atoms with van der Waals surface area (Å²) in [5.41, 5.74) is 2.15. The van der Waals surface area contributed by atoms with E-state index in [2.05, 4.69) is 0 Å². The normalized spacial score (nSPS) is 13.6. The van der Waals surface area contributed by atoms with Crippen molar-refractivity contribution >= 4 is 39.1 Å². The Bertz CT molecular complexity index is 1090. The summed E-state index contributed by atoms with van der Waals surface area (Å²) in [4.78, 5) is 31.3. The highest BCUT2D eigenvalue weighted by Gasteiger charge is 2.22. The summed E-state index contributed by atoms with van der Waals surface area (Å²) in [7, 11) is 0. The monoisotopic (exact) mass is 416 g/mol. The van der Waals surface area contributed by atoms with Crippen molar-refractivity contribution in [2.45, 2.75) is 51.5 Å². The van der Waals surface area contributed by atoms with Crippen LogP contribution in [-0.4, -0.2) is 20.6 Å². The highest BCUT2D eigenvalue weighted by atomic mass is 35.5. The highest BCUT2D eigenvalue weighted by molar-refractivity contribution is 7.18. The number of aromatic nitrogens is 2. The van der Waals surface area contributed by atoms with Gasteiger partial charge in [-0.05, 0) is 55.4 Å². The molecule has 4 rings (SSSR count). The maximum atomic E-state index is 13.4. The van der Waals surface area contributed by atoms with Crippen LogP contribution in [0, 0.1) is 0 Å². The van der Waals surface area contributed by atoms with Gasteiger partial charge in [0.05, 0.1) is 5.39 Å². The van der Waals surface area contributed by atoms with Crippen LogP contribution in [0.4, 0.5) is 0 Å². The number of aryl methyl sites for hydroxylation is 2. The first-order valence-electron chi connectivity index (χ1n) is 9.53. The van der Waals surface area contributed by atoms with E-state index in [1.165, 1.54) is 4.88 Å². The quantitative estimate of drug-likeness (QED) is 0.644. The molecule has 0 unspecified atom stereocenters. The molecule has 3 aromatic rings. The standard InChI is InChI=1S/C21H21ClN2O3S/c22-14-9-7-13(8-10-14)12-17-23-20-19(15-4-1-2-5-16(15)28-20)21(27)24(17)11-3-6-18(25)26/h7-10H,1-6,11-12H2,(H,25,26). The molecule has 2 aromatic heterocycles. The molecule has 1 aliphatic carbocycles. The number of benzene rings is 1. The molecule has 7 heteroatoms. The number of nitrogens with zero attached hydrogens (tertiary/aromatic N) is 2. The number of carboxylic acid groups (broad SMARTS) is 1. The molecule has 0 fully saturated rings. The molecule has 1 aromatic carbocycles. The first kappa shape index (κ1) is 19.2. The first-order valence-corrected chi connectivity index (χ1v) is 10.7. The van der Waals surface area contributed by atoms with Crippen molar-refractivity contribution in [1.29, 1.82) is 0 Å². The Hall–Kier alpha value is -2.18. The lowest BCUT2D eigenvalue weighted by molar-refractivity contribution is -0.137. The summed E-state index contributed by atoms with van der Waals surface area (Å²) >= 11 is 7.62. The van der Waals surface area contributed by atoms with E-state index >= 15 is 0 Å². The van der Waals surface area contributed by atoms with Crippen LogP contribution < -0.4 is 5.56 Å². The average Bonchev–Trinajstić information content (AvgIpc) is 3.04. The zero-order valence-corrected chi connectivity index (χ0v) is 17.0. The molecular weight excluding hydrogens is 396 g/mol. The smallest absolute Gasteiger partial charge is 0.303 e. The Morgan fingerprint density at radius 3 is 2.71 bits per heavy atom. The Balaban J connectivity index is 1.79. The molecule has 0 atom stereocenters.